The van der Waals surface area contributed by atoms with E-state index in [4.69, 9.17) is 4.74 Å². The molecule has 2 saturated heterocycles. The molecule has 0 unspecified atom stereocenters. The van der Waals surface area contributed by atoms with Gasteiger partial charge in [0.25, 0.3) is 0 Å². The van der Waals surface area contributed by atoms with Crippen molar-refractivity contribution in [1.29, 1.82) is 0 Å². The van der Waals surface area contributed by atoms with E-state index in [1.54, 1.807) is 17.2 Å². The lowest BCUT2D eigenvalue weighted by Gasteiger charge is -2.37. The number of aromatic nitrogens is 1. The van der Waals surface area contributed by atoms with E-state index >= 15 is 0 Å². The van der Waals surface area contributed by atoms with Gasteiger partial charge < -0.3 is 19.9 Å². The van der Waals surface area contributed by atoms with E-state index in [1.807, 2.05) is 13.1 Å². The fourth-order valence-electron chi connectivity index (χ4n) is 3.74. The maximum absolute atomic E-state index is 13.9. The molecule has 0 spiro atoms. The van der Waals surface area contributed by atoms with Crippen LogP contribution in [0.4, 0.5) is 14.9 Å². The first-order valence-electron chi connectivity index (χ1n) is 7.99. The Bertz CT molecular complexity index is 813. The van der Waals surface area contributed by atoms with Crippen LogP contribution in [0.5, 0.6) is 5.75 Å². The molecule has 0 radical (unpaired) electrons. The number of carbonyl (C=O) groups is 1. The number of nitrogens with zero attached hydrogens (tertiary/aromatic N) is 3. The number of amides is 2. The molecule has 126 valence electrons. The van der Waals surface area contributed by atoms with Crippen molar-refractivity contribution in [2.45, 2.75) is 18.5 Å². The van der Waals surface area contributed by atoms with Gasteiger partial charge in [-0.3, -0.25) is 4.98 Å². The molecule has 4 rings (SSSR count). The highest BCUT2D eigenvalue weighted by Crippen LogP contribution is 2.33. The van der Waals surface area contributed by atoms with Gasteiger partial charge in [-0.15, -0.1) is 0 Å². The first-order valence-corrected chi connectivity index (χ1v) is 7.99. The third-order valence-electron chi connectivity index (χ3n) is 5.04. The summed E-state index contributed by atoms with van der Waals surface area (Å²) in [5, 5.41) is 3.88. The number of anilines is 1. The molecule has 2 amide bonds. The van der Waals surface area contributed by atoms with Gasteiger partial charge in [-0.05, 0) is 18.6 Å². The summed E-state index contributed by atoms with van der Waals surface area (Å²) in [5.41, 5.74) is 1.58. The minimum absolute atomic E-state index is 0.0184. The summed E-state index contributed by atoms with van der Waals surface area (Å²) >= 11 is 0. The van der Waals surface area contributed by atoms with Crippen molar-refractivity contribution >= 4 is 22.6 Å². The molecule has 1 N–H and O–H groups in total. The molecule has 1 aromatic heterocycles. The van der Waals surface area contributed by atoms with Crippen molar-refractivity contribution in [2.75, 3.05) is 32.1 Å². The molecule has 2 aliphatic heterocycles. The molecule has 0 saturated carbocycles. The number of benzene rings is 1. The Morgan fingerprint density at radius 1 is 1.42 bits per heavy atom. The van der Waals surface area contributed by atoms with Crippen LogP contribution in [0.3, 0.4) is 0 Å². The van der Waals surface area contributed by atoms with Gasteiger partial charge in [-0.2, -0.15) is 0 Å². The Labute approximate surface area is 139 Å². The molecule has 6 nitrogen and oxygen atoms in total. The summed E-state index contributed by atoms with van der Waals surface area (Å²) in [5.74, 6) is -0.210. The molecule has 1 aromatic carbocycles. The number of hydrogen-bond donors (Lipinski definition) is 1. The van der Waals surface area contributed by atoms with Crippen molar-refractivity contribution in [3.05, 3.63) is 30.2 Å². The standard InChI is InChI=1S/C17H19FN4O2/c1-21-15-4-6-22(9-13(15)20-17(21)23)14-3-5-19-12-8-11(18)16(24-2)7-10(12)14/h3,5,7-8,13,15H,4,6,9H2,1-2H3,(H,20,23)/t13-,15+/m1/s1. The lowest BCUT2D eigenvalue weighted by atomic mass is 9.99. The van der Waals surface area contributed by atoms with E-state index < -0.39 is 5.82 Å². The van der Waals surface area contributed by atoms with Crippen LogP contribution in [0.2, 0.25) is 0 Å². The maximum Gasteiger partial charge on any atom is 0.317 e. The number of ether oxygens (including phenoxy) is 1. The molecule has 24 heavy (non-hydrogen) atoms. The van der Waals surface area contributed by atoms with Crippen LogP contribution in [-0.4, -0.2) is 55.2 Å². The number of methoxy groups -OCH3 is 1. The van der Waals surface area contributed by atoms with Gasteiger partial charge in [0.2, 0.25) is 0 Å². The fourth-order valence-corrected chi connectivity index (χ4v) is 3.74. The Morgan fingerprint density at radius 2 is 2.25 bits per heavy atom. The molecular weight excluding hydrogens is 311 g/mol. The second kappa shape index (κ2) is 5.51. The zero-order chi connectivity index (χ0) is 16.8. The number of urea groups is 1. The third-order valence-corrected chi connectivity index (χ3v) is 5.04. The van der Waals surface area contributed by atoms with Gasteiger partial charge in [0.05, 0.1) is 24.7 Å². The number of nitrogens with one attached hydrogen (secondary N) is 1. The molecule has 3 heterocycles. The molecular formula is C17H19FN4O2. The van der Waals surface area contributed by atoms with Gasteiger partial charge in [0.1, 0.15) is 0 Å². The molecule has 7 heteroatoms. The molecule has 2 aromatic rings. The highest BCUT2D eigenvalue weighted by atomic mass is 19.1. The van der Waals surface area contributed by atoms with Crippen molar-refractivity contribution < 1.29 is 13.9 Å². The fraction of sp³-hybridized carbons (Fsp3) is 0.412. The monoisotopic (exact) mass is 330 g/mol. The Kier molecular flexibility index (Phi) is 3.44. The van der Waals surface area contributed by atoms with Crippen molar-refractivity contribution in [1.82, 2.24) is 15.2 Å². The normalized spacial score (nSPS) is 23.4. The van der Waals surface area contributed by atoms with Gasteiger partial charge in [0.15, 0.2) is 11.6 Å². The van der Waals surface area contributed by atoms with Crippen molar-refractivity contribution in [3.8, 4) is 5.75 Å². The SMILES string of the molecule is COc1cc2c(N3CC[C@H]4[C@@H](C3)NC(=O)N4C)ccnc2cc1F. The number of likely N-dealkylation sites (N-methyl/N-ethyl adjacent to an activating group) is 1. The van der Waals surface area contributed by atoms with Crippen LogP contribution in [0.15, 0.2) is 24.4 Å². The summed E-state index contributed by atoms with van der Waals surface area (Å²) < 4.78 is 19.0. The largest absolute Gasteiger partial charge is 0.494 e. The van der Waals surface area contributed by atoms with E-state index in [1.165, 1.54) is 13.2 Å². The van der Waals surface area contributed by atoms with E-state index in [0.29, 0.717) is 5.52 Å². The number of hydrogen-bond acceptors (Lipinski definition) is 4. The second-order valence-electron chi connectivity index (χ2n) is 6.30. The smallest absolute Gasteiger partial charge is 0.317 e. The lowest BCUT2D eigenvalue weighted by Crippen LogP contribution is -2.50. The first-order chi connectivity index (χ1) is 11.6. The van der Waals surface area contributed by atoms with Crippen molar-refractivity contribution in [2.24, 2.45) is 0 Å². The number of halogens is 1. The highest BCUT2D eigenvalue weighted by molar-refractivity contribution is 5.93. The second-order valence-corrected chi connectivity index (χ2v) is 6.30. The Hall–Kier alpha value is -2.57. The maximum atomic E-state index is 13.9. The van der Waals surface area contributed by atoms with Crippen LogP contribution < -0.4 is 15.0 Å². The molecule has 0 bridgehead atoms. The first kappa shape index (κ1) is 15.0. The molecule has 2 aliphatic rings. The van der Waals surface area contributed by atoms with Gasteiger partial charge in [0, 0.05) is 43.5 Å². The summed E-state index contributed by atoms with van der Waals surface area (Å²) in [4.78, 5) is 20.1. The average Bonchev–Trinajstić information content (AvgIpc) is 2.87. The van der Waals surface area contributed by atoms with E-state index in [9.17, 15) is 9.18 Å². The van der Waals surface area contributed by atoms with Crippen molar-refractivity contribution in [3.63, 3.8) is 0 Å². The summed E-state index contributed by atoms with van der Waals surface area (Å²) in [6.45, 7) is 1.55. The third kappa shape index (κ3) is 2.23. The Morgan fingerprint density at radius 3 is 3.04 bits per heavy atom. The topological polar surface area (TPSA) is 57.7 Å². The number of fused-ring (bicyclic) bond motifs is 2. The lowest BCUT2D eigenvalue weighted by molar-refractivity contribution is 0.212. The van der Waals surface area contributed by atoms with E-state index in [0.717, 1.165) is 30.6 Å². The zero-order valence-electron chi connectivity index (χ0n) is 13.6. The summed E-state index contributed by atoms with van der Waals surface area (Å²) in [6, 6.07) is 5.33. The van der Waals surface area contributed by atoms with E-state index in [-0.39, 0.29) is 23.9 Å². The summed E-state index contributed by atoms with van der Waals surface area (Å²) in [6.07, 6.45) is 2.58. The van der Waals surface area contributed by atoms with Crippen LogP contribution in [0, 0.1) is 5.82 Å². The van der Waals surface area contributed by atoms with Gasteiger partial charge >= 0.3 is 6.03 Å². The van der Waals surface area contributed by atoms with Crippen LogP contribution in [-0.2, 0) is 0 Å². The number of pyridine rings is 1. The molecule has 2 fully saturated rings. The molecule has 2 atom stereocenters. The highest BCUT2D eigenvalue weighted by Gasteiger charge is 2.40. The van der Waals surface area contributed by atoms with Gasteiger partial charge in [-0.25, -0.2) is 9.18 Å². The van der Waals surface area contributed by atoms with Gasteiger partial charge in [-0.1, -0.05) is 0 Å². The minimum atomic E-state index is -0.418. The number of rotatable bonds is 2. The average molecular weight is 330 g/mol. The zero-order valence-corrected chi connectivity index (χ0v) is 13.6. The number of piperidine rings is 1. The van der Waals surface area contributed by atoms with Crippen LogP contribution in [0.1, 0.15) is 6.42 Å². The van der Waals surface area contributed by atoms with Crippen LogP contribution >= 0.6 is 0 Å². The minimum Gasteiger partial charge on any atom is -0.494 e. The van der Waals surface area contributed by atoms with Crippen LogP contribution in [0.25, 0.3) is 10.9 Å². The number of carbonyl (C=O) groups excluding carboxylic acids is 1. The predicted octanol–water partition coefficient (Wildman–Crippen LogP) is 1.98. The predicted molar refractivity (Wildman–Crippen MR) is 89.0 cm³/mol. The quantitative estimate of drug-likeness (QED) is 0.915. The Balaban J connectivity index is 1.71. The van der Waals surface area contributed by atoms with E-state index in [2.05, 4.69) is 15.2 Å². The summed E-state index contributed by atoms with van der Waals surface area (Å²) in [7, 11) is 3.29. The molecule has 0 aliphatic carbocycles.